The standard InChI is InChI=1S/C17H25NO6/c1-6-11(2)18-15(19)10-24-16(20)9-12-7-13(21-3)17(23-5)14(8-12)22-4/h7-8,11H,6,9-10H2,1-5H3,(H,18,19)/t11-/m0/s1. The van der Waals surface area contributed by atoms with E-state index in [0.717, 1.165) is 6.42 Å². The van der Waals surface area contributed by atoms with Gasteiger partial charge in [-0.15, -0.1) is 0 Å². The van der Waals surface area contributed by atoms with Crippen molar-refractivity contribution in [2.75, 3.05) is 27.9 Å². The molecule has 0 aliphatic rings. The molecule has 0 fully saturated rings. The molecule has 0 aromatic heterocycles. The average Bonchev–Trinajstić information content (AvgIpc) is 2.58. The van der Waals surface area contributed by atoms with Crippen LogP contribution in [0.5, 0.6) is 17.2 Å². The molecule has 134 valence electrons. The van der Waals surface area contributed by atoms with Gasteiger partial charge in [-0.05, 0) is 31.0 Å². The molecule has 7 heteroatoms. The second-order valence-electron chi connectivity index (χ2n) is 5.25. The first-order valence-electron chi connectivity index (χ1n) is 7.68. The maximum absolute atomic E-state index is 11.9. The summed E-state index contributed by atoms with van der Waals surface area (Å²) < 4.78 is 20.7. The average molecular weight is 339 g/mol. The van der Waals surface area contributed by atoms with Crippen LogP contribution in [0.15, 0.2) is 12.1 Å². The van der Waals surface area contributed by atoms with Gasteiger partial charge in [0.1, 0.15) is 0 Å². The van der Waals surface area contributed by atoms with Gasteiger partial charge in [0.2, 0.25) is 5.75 Å². The lowest BCUT2D eigenvalue weighted by molar-refractivity contribution is -0.148. The van der Waals surface area contributed by atoms with E-state index >= 15 is 0 Å². The molecule has 0 unspecified atom stereocenters. The summed E-state index contributed by atoms with van der Waals surface area (Å²) in [6.45, 7) is 3.55. The maximum Gasteiger partial charge on any atom is 0.310 e. The summed E-state index contributed by atoms with van der Waals surface area (Å²) >= 11 is 0. The molecule has 0 heterocycles. The zero-order valence-corrected chi connectivity index (χ0v) is 14.8. The van der Waals surface area contributed by atoms with E-state index in [9.17, 15) is 9.59 Å². The van der Waals surface area contributed by atoms with E-state index in [1.165, 1.54) is 21.3 Å². The van der Waals surface area contributed by atoms with E-state index in [1.807, 2.05) is 13.8 Å². The largest absolute Gasteiger partial charge is 0.493 e. The van der Waals surface area contributed by atoms with Crippen LogP contribution in [0.25, 0.3) is 0 Å². The van der Waals surface area contributed by atoms with Gasteiger partial charge in [-0.25, -0.2) is 0 Å². The Morgan fingerprint density at radius 1 is 1.08 bits per heavy atom. The number of carbonyl (C=O) groups is 2. The third-order valence-electron chi connectivity index (χ3n) is 3.46. The van der Waals surface area contributed by atoms with Crippen LogP contribution in [0.1, 0.15) is 25.8 Å². The molecule has 7 nitrogen and oxygen atoms in total. The third kappa shape index (κ3) is 5.64. The highest BCUT2D eigenvalue weighted by molar-refractivity contribution is 5.81. The SMILES string of the molecule is CC[C@H](C)NC(=O)COC(=O)Cc1cc(OC)c(OC)c(OC)c1. The second-order valence-corrected chi connectivity index (χ2v) is 5.25. The quantitative estimate of drug-likeness (QED) is 0.690. The number of esters is 1. The number of hydrogen-bond donors (Lipinski definition) is 1. The van der Waals surface area contributed by atoms with Gasteiger partial charge in [0.05, 0.1) is 27.8 Å². The molecular weight excluding hydrogens is 314 g/mol. The minimum atomic E-state index is -0.511. The Labute approximate surface area is 142 Å². The monoisotopic (exact) mass is 339 g/mol. The summed E-state index contributed by atoms with van der Waals surface area (Å²) in [6.07, 6.45) is 0.804. The topological polar surface area (TPSA) is 83.1 Å². The molecule has 24 heavy (non-hydrogen) atoms. The van der Waals surface area contributed by atoms with Crippen molar-refractivity contribution in [3.8, 4) is 17.2 Å². The molecule has 0 aliphatic heterocycles. The highest BCUT2D eigenvalue weighted by atomic mass is 16.5. The lowest BCUT2D eigenvalue weighted by Crippen LogP contribution is -2.35. The van der Waals surface area contributed by atoms with E-state index in [0.29, 0.717) is 22.8 Å². The number of ether oxygens (including phenoxy) is 4. The molecule has 1 atom stereocenters. The Hall–Kier alpha value is -2.44. The van der Waals surface area contributed by atoms with Crippen LogP contribution in [0, 0.1) is 0 Å². The summed E-state index contributed by atoms with van der Waals surface area (Å²) in [7, 11) is 4.50. The van der Waals surface area contributed by atoms with Gasteiger partial charge < -0.3 is 24.3 Å². The zero-order chi connectivity index (χ0) is 18.1. The summed E-state index contributed by atoms with van der Waals surface area (Å²) in [5.74, 6) is 0.527. The molecule has 1 aromatic carbocycles. The number of nitrogens with one attached hydrogen (secondary N) is 1. The lowest BCUT2D eigenvalue weighted by atomic mass is 10.1. The van der Waals surface area contributed by atoms with E-state index in [2.05, 4.69) is 5.32 Å². The Morgan fingerprint density at radius 3 is 2.12 bits per heavy atom. The van der Waals surface area contributed by atoms with Crippen LogP contribution in [-0.4, -0.2) is 45.9 Å². The molecule has 0 saturated carbocycles. The van der Waals surface area contributed by atoms with E-state index in [4.69, 9.17) is 18.9 Å². The summed E-state index contributed by atoms with van der Waals surface area (Å²) in [4.78, 5) is 23.5. The fourth-order valence-corrected chi connectivity index (χ4v) is 2.02. The molecule has 0 aliphatic carbocycles. The number of carbonyl (C=O) groups excluding carboxylic acids is 2. The van der Waals surface area contributed by atoms with Gasteiger partial charge >= 0.3 is 5.97 Å². The summed E-state index contributed by atoms with van der Waals surface area (Å²) in [5.41, 5.74) is 0.636. The van der Waals surface area contributed by atoms with Gasteiger partial charge in [-0.3, -0.25) is 9.59 Å². The molecule has 0 spiro atoms. The van der Waals surface area contributed by atoms with E-state index in [-0.39, 0.29) is 25.0 Å². The van der Waals surface area contributed by atoms with Crippen molar-refractivity contribution in [2.24, 2.45) is 0 Å². The van der Waals surface area contributed by atoms with Crippen molar-refractivity contribution in [2.45, 2.75) is 32.7 Å². The number of methoxy groups -OCH3 is 3. The van der Waals surface area contributed by atoms with Crippen LogP contribution < -0.4 is 19.5 Å². The number of rotatable bonds is 9. The molecule has 1 N–H and O–H groups in total. The van der Waals surface area contributed by atoms with Crippen molar-refractivity contribution < 1.29 is 28.5 Å². The molecule has 1 amide bonds. The Morgan fingerprint density at radius 2 is 1.67 bits per heavy atom. The fourth-order valence-electron chi connectivity index (χ4n) is 2.02. The second kappa shape index (κ2) is 9.64. The molecule has 1 aromatic rings. The number of hydrogen-bond acceptors (Lipinski definition) is 6. The molecule has 0 saturated heterocycles. The van der Waals surface area contributed by atoms with E-state index < -0.39 is 5.97 Å². The van der Waals surface area contributed by atoms with E-state index in [1.54, 1.807) is 12.1 Å². The predicted molar refractivity (Wildman–Crippen MR) is 88.7 cm³/mol. The third-order valence-corrected chi connectivity index (χ3v) is 3.46. The van der Waals surface area contributed by atoms with Gasteiger partial charge in [0, 0.05) is 6.04 Å². The Bertz CT molecular complexity index is 547. The van der Waals surface area contributed by atoms with Crippen molar-refractivity contribution in [1.82, 2.24) is 5.32 Å². The zero-order valence-electron chi connectivity index (χ0n) is 14.8. The molecular formula is C17H25NO6. The smallest absolute Gasteiger partial charge is 0.310 e. The predicted octanol–water partition coefficient (Wildman–Crippen LogP) is 1.71. The number of amides is 1. The van der Waals surface area contributed by atoms with Crippen molar-refractivity contribution >= 4 is 11.9 Å². The minimum absolute atomic E-state index is 0.00662. The number of benzene rings is 1. The van der Waals surface area contributed by atoms with Crippen molar-refractivity contribution in [1.29, 1.82) is 0 Å². The van der Waals surface area contributed by atoms with Crippen LogP contribution in [0.3, 0.4) is 0 Å². The van der Waals surface area contributed by atoms with Gasteiger partial charge in [-0.1, -0.05) is 6.92 Å². The summed E-state index contributed by atoms with van der Waals surface area (Å²) in [5, 5.41) is 2.73. The molecule has 0 radical (unpaired) electrons. The molecule has 0 bridgehead atoms. The highest BCUT2D eigenvalue weighted by Gasteiger charge is 2.16. The van der Waals surface area contributed by atoms with Crippen molar-refractivity contribution in [3.05, 3.63) is 17.7 Å². The van der Waals surface area contributed by atoms with Crippen LogP contribution in [0.4, 0.5) is 0 Å². The van der Waals surface area contributed by atoms with Gasteiger partial charge in [-0.2, -0.15) is 0 Å². The first-order chi connectivity index (χ1) is 11.4. The highest BCUT2D eigenvalue weighted by Crippen LogP contribution is 2.38. The van der Waals surface area contributed by atoms with Gasteiger partial charge in [0.15, 0.2) is 18.1 Å². The van der Waals surface area contributed by atoms with Crippen LogP contribution in [-0.2, 0) is 20.7 Å². The fraction of sp³-hybridized carbons (Fsp3) is 0.529. The normalized spacial score (nSPS) is 11.4. The summed E-state index contributed by atoms with van der Waals surface area (Å²) in [6, 6.07) is 3.38. The Balaban J connectivity index is 2.68. The lowest BCUT2D eigenvalue weighted by Gasteiger charge is -2.14. The molecule has 1 rings (SSSR count). The van der Waals surface area contributed by atoms with Crippen LogP contribution >= 0.6 is 0 Å². The minimum Gasteiger partial charge on any atom is -0.493 e. The Kier molecular flexibility index (Phi) is 7.88. The van der Waals surface area contributed by atoms with Crippen molar-refractivity contribution in [3.63, 3.8) is 0 Å². The first-order valence-corrected chi connectivity index (χ1v) is 7.68. The first kappa shape index (κ1) is 19.6. The van der Waals surface area contributed by atoms with Gasteiger partial charge in [0.25, 0.3) is 5.91 Å². The maximum atomic E-state index is 11.9. The van der Waals surface area contributed by atoms with Crippen LogP contribution in [0.2, 0.25) is 0 Å².